The Balaban J connectivity index is 1.45. The molecule has 0 atom stereocenters. The molecule has 0 aromatic heterocycles. The molecule has 1 amide bonds. The van der Waals surface area contributed by atoms with Gasteiger partial charge in [-0.15, -0.1) is 0 Å². The highest BCUT2D eigenvalue weighted by Crippen LogP contribution is 2.23. The Morgan fingerprint density at radius 1 is 1.00 bits per heavy atom. The van der Waals surface area contributed by atoms with Crippen molar-refractivity contribution in [3.8, 4) is 11.5 Å². The monoisotopic (exact) mass is 368 g/mol. The van der Waals surface area contributed by atoms with Crippen LogP contribution in [0.4, 0.5) is 5.69 Å². The largest absolute Gasteiger partial charge is 0.469 e. The maximum Gasteiger partial charge on any atom is 0.308 e. The lowest BCUT2D eigenvalue weighted by Crippen LogP contribution is -2.41. The van der Waals surface area contributed by atoms with E-state index in [0.717, 1.165) is 37.4 Å². The number of esters is 1. The number of carbonyl (C=O) groups is 2. The van der Waals surface area contributed by atoms with Gasteiger partial charge in [-0.1, -0.05) is 18.2 Å². The molecule has 142 valence electrons. The van der Waals surface area contributed by atoms with Crippen LogP contribution in [0, 0.1) is 5.92 Å². The van der Waals surface area contributed by atoms with Crippen LogP contribution in [0.15, 0.2) is 54.6 Å². The Morgan fingerprint density at radius 3 is 2.26 bits per heavy atom. The molecular weight excluding hydrogens is 344 g/mol. The van der Waals surface area contributed by atoms with Crippen LogP contribution in [0.1, 0.15) is 12.8 Å². The molecule has 2 aromatic rings. The van der Waals surface area contributed by atoms with E-state index in [1.807, 2.05) is 54.6 Å². The van der Waals surface area contributed by atoms with Gasteiger partial charge in [0.05, 0.1) is 19.6 Å². The van der Waals surface area contributed by atoms with Crippen molar-refractivity contribution in [1.82, 2.24) is 4.90 Å². The second-order valence-corrected chi connectivity index (χ2v) is 6.56. The average molecular weight is 368 g/mol. The number of nitrogens with zero attached hydrogens (tertiary/aromatic N) is 1. The zero-order valence-corrected chi connectivity index (χ0v) is 15.4. The Morgan fingerprint density at radius 2 is 1.63 bits per heavy atom. The number of hydrogen-bond acceptors (Lipinski definition) is 5. The van der Waals surface area contributed by atoms with Crippen molar-refractivity contribution in [3.05, 3.63) is 54.6 Å². The zero-order valence-electron chi connectivity index (χ0n) is 15.4. The number of benzene rings is 2. The van der Waals surface area contributed by atoms with E-state index in [1.54, 1.807) is 0 Å². The Hall–Kier alpha value is -2.86. The van der Waals surface area contributed by atoms with Gasteiger partial charge in [-0.25, -0.2) is 0 Å². The summed E-state index contributed by atoms with van der Waals surface area (Å²) in [6.45, 7) is 1.75. The van der Waals surface area contributed by atoms with Crippen molar-refractivity contribution in [3.63, 3.8) is 0 Å². The molecule has 0 bridgehead atoms. The van der Waals surface area contributed by atoms with Gasteiger partial charge in [-0.05, 0) is 62.3 Å². The molecule has 6 heteroatoms. The number of anilines is 1. The molecule has 3 rings (SSSR count). The maximum atomic E-state index is 12.3. The summed E-state index contributed by atoms with van der Waals surface area (Å²) in [6.07, 6.45) is 1.46. The van der Waals surface area contributed by atoms with Gasteiger partial charge in [-0.2, -0.15) is 0 Å². The quantitative estimate of drug-likeness (QED) is 0.793. The highest BCUT2D eigenvalue weighted by Gasteiger charge is 2.26. The molecule has 1 heterocycles. The number of ether oxygens (including phenoxy) is 2. The molecule has 0 spiro atoms. The first-order chi connectivity index (χ1) is 13.1. The summed E-state index contributed by atoms with van der Waals surface area (Å²) in [5.74, 6) is 1.21. The van der Waals surface area contributed by atoms with Crippen LogP contribution in [-0.2, 0) is 14.3 Å². The van der Waals surface area contributed by atoms with Gasteiger partial charge in [-0.3, -0.25) is 14.5 Å². The maximum absolute atomic E-state index is 12.3. The van der Waals surface area contributed by atoms with Gasteiger partial charge in [0.25, 0.3) is 0 Å². The summed E-state index contributed by atoms with van der Waals surface area (Å²) >= 11 is 0. The fraction of sp³-hybridized carbons (Fsp3) is 0.333. The van der Waals surface area contributed by atoms with E-state index in [9.17, 15) is 9.59 Å². The van der Waals surface area contributed by atoms with E-state index in [-0.39, 0.29) is 17.8 Å². The summed E-state index contributed by atoms with van der Waals surface area (Å²) < 4.78 is 10.5. The summed E-state index contributed by atoms with van der Waals surface area (Å²) in [5.41, 5.74) is 0.727. The number of likely N-dealkylation sites (tertiary alicyclic amines) is 1. The van der Waals surface area contributed by atoms with Crippen LogP contribution in [0.5, 0.6) is 11.5 Å². The second kappa shape index (κ2) is 9.19. The lowest BCUT2D eigenvalue weighted by molar-refractivity contribution is -0.147. The van der Waals surface area contributed by atoms with Gasteiger partial charge >= 0.3 is 5.97 Å². The molecule has 2 aromatic carbocycles. The molecule has 27 heavy (non-hydrogen) atoms. The third kappa shape index (κ3) is 5.56. The van der Waals surface area contributed by atoms with Gasteiger partial charge in [0.1, 0.15) is 11.5 Å². The van der Waals surface area contributed by atoms with Gasteiger partial charge < -0.3 is 14.8 Å². The van der Waals surface area contributed by atoms with Crippen LogP contribution in [0.2, 0.25) is 0 Å². The number of hydrogen-bond donors (Lipinski definition) is 1. The number of amides is 1. The normalized spacial score (nSPS) is 15.1. The number of rotatable bonds is 6. The van der Waals surface area contributed by atoms with E-state index in [4.69, 9.17) is 9.47 Å². The van der Waals surface area contributed by atoms with Gasteiger partial charge in [0.2, 0.25) is 5.91 Å². The van der Waals surface area contributed by atoms with Crippen molar-refractivity contribution < 1.29 is 19.1 Å². The van der Waals surface area contributed by atoms with Crippen molar-refractivity contribution in [2.45, 2.75) is 12.8 Å². The molecule has 0 unspecified atom stereocenters. The Kier molecular flexibility index (Phi) is 6.44. The summed E-state index contributed by atoms with van der Waals surface area (Å²) in [4.78, 5) is 25.9. The van der Waals surface area contributed by atoms with E-state index in [2.05, 4.69) is 10.2 Å². The third-order valence-corrected chi connectivity index (χ3v) is 4.61. The number of carbonyl (C=O) groups excluding carboxylic acids is 2. The highest BCUT2D eigenvalue weighted by molar-refractivity contribution is 5.92. The smallest absolute Gasteiger partial charge is 0.308 e. The molecule has 0 radical (unpaired) electrons. The minimum atomic E-state index is -0.156. The molecule has 1 N–H and O–H groups in total. The standard InChI is InChI=1S/C21H24N2O4/c1-26-21(25)16-11-13-23(14-12-16)15-20(24)22-17-7-9-19(10-8-17)27-18-5-3-2-4-6-18/h2-10,16H,11-15H2,1H3,(H,22,24). The predicted molar refractivity (Wildman–Crippen MR) is 103 cm³/mol. The van der Waals surface area contributed by atoms with E-state index < -0.39 is 0 Å². The Labute approximate surface area is 159 Å². The second-order valence-electron chi connectivity index (χ2n) is 6.56. The van der Waals surface area contributed by atoms with Gasteiger partial charge in [0, 0.05) is 5.69 Å². The van der Waals surface area contributed by atoms with E-state index in [0.29, 0.717) is 12.3 Å². The lowest BCUT2D eigenvalue weighted by Gasteiger charge is -2.29. The van der Waals surface area contributed by atoms with Crippen molar-refractivity contribution in [2.75, 3.05) is 32.1 Å². The topological polar surface area (TPSA) is 67.9 Å². The highest BCUT2D eigenvalue weighted by atomic mass is 16.5. The fourth-order valence-corrected chi connectivity index (χ4v) is 3.13. The minimum Gasteiger partial charge on any atom is -0.469 e. The first kappa shape index (κ1) is 18.9. The fourth-order valence-electron chi connectivity index (χ4n) is 3.13. The number of nitrogens with one attached hydrogen (secondary N) is 1. The first-order valence-electron chi connectivity index (χ1n) is 9.07. The van der Waals surface area contributed by atoms with E-state index >= 15 is 0 Å². The van der Waals surface area contributed by atoms with Crippen LogP contribution >= 0.6 is 0 Å². The number of methoxy groups -OCH3 is 1. The van der Waals surface area contributed by atoms with Gasteiger partial charge in [0.15, 0.2) is 0 Å². The molecule has 0 aliphatic carbocycles. The van der Waals surface area contributed by atoms with Crippen LogP contribution in [0.3, 0.4) is 0 Å². The van der Waals surface area contributed by atoms with Crippen molar-refractivity contribution in [2.24, 2.45) is 5.92 Å². The summed E-state index contributed by atoms with van der Waals surface area (Å²) in [5, 5.41) is 2.90. The Bertz CT molecular complexity index is 754. The lowest BCUT2D eigenvalue weighted by atomic mass is 9.97. The van der Waals surface area contributed by atoms with Crippen LogP contribution < -0.4 is 10.1 Å². The first-order valence-corrected chi connectivity index (χ1v) is 9.07. The summed E-state index contributed by atoms with van der Waals surface area (Å²) in [6, 6.07) is 16.8. The molecule has 1 aliphatic heterocycles. The number of piperidine rings is 1. The molecule has 1 aliphatic rings. The molecule has 1 fully saturated rings. The molecule has 6 nitrogen and oxygen atoms in total. The third-order valence-electron chi connectivity index (χ3n) is 4.61. The molecular formula is C21H24N2O4. The van der Waals surface area contributed by atoms with Crippen molar-refractivity contribution >= 4 is 17.6 Å². The molecule has 0 saturated carbocycles. The molecule has 1 saturated heterocycles. The van der Waals surface area contributed by atoms with E-state index in [1.165, 1.54) is 7.11 Å². The SMILES string of the molecule is COC(=O)C1CCN(CC(=O)Nc2ccc(Oc3ccccc3)cc2)CC1. The van der Waals surface area contributed by atoms with Crippen molar-refractivity contribution in [1.29, 1.82) is 0 Å². The van der Waals surface area contributed by atoms with Crippen LogP contribution in [-0.4, -0.2) is 43.5 Å². The van der Waals surface area contributed by atoms with Crippen LogP contribution in [0.25, 0.3) is 0 Å². The summed E-state index contributed by atoms with van der Waals surface area (Å²) in [7, 11) is 1.42. The number of para-hydroxylation sites is 1. The minimum absolute atomic E-state index is 0.0496. The average Bonchev–Trinajstić information content (AvgIpc) is 2.70. The predicted octanol–water partition coefficient (Wildman–Crippen LogP) is 3.30. The zero-order chi connectivity index (χ0) is 19.1.